The van der Waals surface area contributed by atoms with E-state index < -0.39 is 6.10 Å². The number of aryl methyl sites for hydroxylation is 1. The van der Waals surface area contributed by atoms with Gasteiger partial charge >= 0.3 is 0 Å². The van der Waals surface area contributed by atoms with Crippen LogP contribution in [0.2, 0.25) is 0 Å². The van der Waals surface area contributed by atoms with E-state index in [2.05, 4.69) is 10.6 Å². The van der Waals surface area contributed by atoms with Crippen LogP contribution in [0.15, 0.2) is 18.2 Å². The fourth-order valence-electron chi connectivity index (χ4n) is 2.08. The fourth-order valence-corrected chi connectivity index (χ4v) is 2.08. The van der Waals surface area contributed by atoms with E-state index in [1.54, 1.807) is 13.2 Å². The van der Waals surface area contributed by atoms with E-state index in [9.17, 15) is 9.59 Å². The smallest absolute Gasteiger partial charge is 0.266 e. The molecule has 0 unspecified atom stereocenters. The Bertz CT molecular complexity index is 530. The van der Waals surface area contributed by atoms with Crippen LogP contribution in [-0.2, 0) is 14.3 Å². The first kappa shape index (κ1) is 15.3. The molecular weight excluding hydrogens is 272 g/mol. The second kappa shape index (κ2) is 7.08. The van der Waals surface area contributed by atoms with Crippen LogP contribution < -0.4 is 15.4 Å². The van der Waals surface area contributed by atoms with Gasteiger partial charge in [-0.25, -0.2) is 0 Å². The van der Waals surface area contributed by atoms with Crippen LogP contribution in [0.1, 0.15) is 18.4 Å². The van der Waals surface area contributed by atoms with Crippen molar-refractivity contribution in [3.63, 3.8) is 0 Å². The molecule has 114 valence electrons. The fraction of sp³-hybridized carbons (Fsp3) is 0.467. The number of rotatable bonds is 6. The van der Waals surface area contributed by atoms with Crippen molar-refractivity contribution in [1.82, 2.24) is 5.32 Å². The number of carbonyl (C=O) groups is 2. The molecule has 1 heterocycles. The minimum absolute atomic E-state index is 0.00608. The van der Waals surface area contributed by atoms with E-state index in [4.69, 9.17) is 9.47 Å². The SMILES string of the molecule is COCCCNC(=O)C[C@H]1Oc2ccc(C)cc2NC1=O. The van der Waals surface area contributed by atoms with Gasteiger partial charge in [0.2, 0.25) is 5.91 Å². The maximum Gasteiger partial charge on any atom is 0.266 e. The summed E-state index contributed by atoms with van der Waals surface area (Å²) in [5.41, 5.74) is 1.68. The van der Waals surface area contributed by atoms with Gasteiger partial charge in [0, 0.05) is 20.3 Å². The summed E-state index contributed by atoms with van der Waals surface area (Å²) in [7, 11) is 1.61. The number of fused-ring (bicyclic) bond motifs is 1. The van der Waals surface area contributed by atoms with Crippen molar-refractivity contribution in [2.45, 2.75) is 25.9 Å². The number of hydrogen-bond donors (Lipinski definition) is 2. The number of benzene rings is 1. The predicted octanol–water partition coefficient (Wildman–Crippen LogP) is 1.24. The lowest BCUT2D eigenvalue weighted by Crippen LogP contribution is -2.41. The summed E-state index contributed by atoms with van der Waals surface area (Å²) in [6.45, 7) is 3.05. The lowest BCUT2D eigenvalue weighted by atomic mass is 10.1. The number of amides is 2. The van der Waals surface area contributed by atoms with E-state index in [0.29, 0.717) is 24.6 Å². The first-order chi connectivity index (χ1) is 10.1. The third-order valence-corrected chi connectivity index (χ3v) is 3.17. The van der Waals surface area contributed by atoms with Crippen molar-refractivity contribution < 1.29 is 19.1 Å². The van der Waals surface area contributed by atoms with E-state index in [0.717, 1.165) is 12.0 Å². The van der Waals surface area contributed by atoms with Gasteiger partial charge < -0.3 is 20.1 Å². The highest BCUT2D eigenvalue weighted by atomic mass is 16.5. The van der Waals surface area contributed by atoms with Crippen molar-refractivity contribution in [1.29, 1.82) is 0 Å². The Morgan fingerprint density at radius 2 is 2.29 bits per heavy atom. The zero-order valence-electron chi connectivity index (χ0n) is 12.3. The van der Waals surface area contributed by atoms with E-state index in [1.165, 1.54) is 0 Å². The Balaban J connectivity index is 1.88. The van der Waals surface area contributed by atoms with Crippen LogP contribution in [0.5, 0.6) is 5.75 Å². The first-order valence-electron chi connectivity index (χ1n) is 6.94. The average molecular weight is 292 g/mol. The molecule has 0 bridgehead atoms. The highest BCUT2D eigenvalue weighted by molar-refractivity contribution is 6.00. The van der Waals surface area contributed by atoms with Crippen molar-refractivity contribution >= 4 is 17.5 Å². The minimum atomic E-state index is -0.789. The Morgan fingerprint density at radius 3 is 3.05 bits per heavy atom. The van der Waals surface area contributed by atoms with Crippen LogP contribution >= 0.6 is 0 Å². The molecule has 0 radical (unpaired) electrons. The van der Waals surface area contributed by atoms with Gasteiger partial charge in [-0.15, -0.1) is 0 Å². The molecule has 1 aromatic rings. The maximum absolute atomic E-state index is 11.9. The summed E-state index contributed by atoms with van der Waals surface area (Å²) in [4.78, 5) is 23.7. The molecular formula is C15H20N2O4. The molecule has 0 saturated heterocycles. The molecule has 6 nitrogen and oxygen atoms in total. The van der Waals surface area contributed by atoms with Gasteiger partial charge in [0.05, 0.1) is 12.1 Å². The van der Waals surface area contributed by atoms with Crippen LogP contribution in [0.25, 0.3) is 0 Å². The number of hydrogen-bond acceptors (Lipinski definition) is 4. The minimum Gasteiger partial charge on any atom is -0.478 e. The van der Waals surface area contributed by atoms with Crippen LogP contribution in [0.4, 0.5) is 5.69 Å². The summed E-state index contributed by atoms with van der Waals surface area (Å²) in [5.74, 6) is 0.0966. The Morgan fingerprint density at radius 1 is 1.48 bits per heavy atom. The number of carbonyl (C=O) groups excluding carboxylic acids is 2. The molecule has 0 aliphatic carbocycles. The molecule has 6 heteroatoms. The highest BCUT2D eigenvalue weighted by Gasteiger charge is 2.29. The molecule has 0 saturated carbocycles. The largest absolute Gasteiger partial charge is 0.478 e. The van der Waals surface area contributed by atoms with Gasteiger partial charge in [-0.1, -0.05) is 6.07 Å². The summed E-state index contributed by atoms with van der Waals surface area (Å²) >= 11 is 0. The maximum atomic E-state index is 11.9. The van der Waals surface area contributed by atoms with Gasteiger partial charge in [-0.05, 0) is 31.0 Å². The van der Waals surface area contributed by atoms with Gasteiger partial charge in [-0.2, -0.15) is 0 Å². The van der Waals surface area contributed by atoms with Gasteiger partial charge in [-0.3, -0.25) is 9.59 Å². The van der Waals surface area contributed by atoms with Crippen LogP contribution in [0, 0.1) is 6.92 Å². The lowest BCUT2D eigenvalue weighted by Gasteiger charge is -2.25. The van der Waals surface area contributed by atoms with Crippen molar-refractivity contribution in [3.8, 4) is 5.75 Å². The Hall–Kier alpha value is -2.08. The van der Waals surface area contributed by atoms with Gasteiger partial charge in [0.1, 0.15) is 5.75 Å². The van der Waals surface area contributed by atoms with Crippen LogP contribution in [-0.4, -0.2) is 38.2 Å². The second-order valence-corrected chi connectivity index (χ2v) is 5.00. The molecule has 0 spiro atoms. The molecule has 2 rings (SSSR count). The lowest BCUT2D eigenvalue weighted by molar-refractivity contribution is -0.130. The van der Waals surface area contributed by atoms with E-state index in [-0.39, 0.29) is 18.2 Å². The standard InChI is InChI=1S/C15H20N2O4/c1-10-4-5-12-11(8-10)17-15(19)13(21-12)9-14(18)16-6-3-7-20-2/h4-5,8,13H,3,6-7,9H2,1-2H3,(H,16,18)(H,17,19)/t13-/m1/s1. The quantitative estimate of drug-likeness (QED) is 0.773. The highest BCUT2D eigenvalue weighted by Crippen LogP contribution is 2.30. The van der Waals surface area contributed by atoms with Crippen molar-refractivity contribution in [3.05, 3.63) is 23.8 Å². The molecule has 1 atom stereocenters. The van der Waals surface area contributed by atoms with Gasteiger partial charge in [0.25, 0.3) is 5.91 Å². The molecule has 0 aromatic heterocycles. The average Bonchev–Trinajstić information content (AvgIpc) is 2.45. The molecule has 0 fully saturated rings. The van der Waals surface area contributed by atoms with Crippen LogP contribution in [0.3, 0.4) is 0 Å². The molecule has 1 aliphatic heterocycles. The van der Waals surface area contributed by atoms with Crippen molar-refractivity contribution in [2.75, 3.05) is 25.6 Å². The zero-order chi connectivity index (χ0) is 15.2. The van der Waals surface area contributed by atoms with Gasteiger partial charge in [0.15, 0.2) is 6.10 Å². The molecule has 1 aliphatic rings. The molecule has 2 amide bonds. The number of anilines is 1. The first-order valence-corrected chi connectivity index (χ1v) is 6.94. The molecule has 2 N–H and O–H groups in total. The summed E-state index contributed by atoms with van der Waals surface area (Å²) < 4.78 is 10.5. The monoisotopic (exact) mass is 292 g/mol. The topological polar surface area (TPSA) is 76.7 Å². The summed E-state index contributed by atoms with van der Waals surface area (Å²) in [6.07, 6.45) is -0.0450. The molecule has 1 aromatic carbocycles. The Kier molecular flexibility index (Phi) is 5.16. The third kappa shape index (κ3) is 4.19. The number of nitrogens with one attached hydrogen (secondary N) is 2. The Labute approximate surface area is 123 Å². The van der Waals surface area contributed by atoms with E-state index >= 15 is 0 Å². The zero-order valence-corrected chi connectivity index (χ0v) is 12.3. The number of methoxy groups -OCH3 is 1. The third-order valence-electron chi connectivity index (χ3n) is 3.17. The normalized spacial score (nSPS) is 16.7. The predicted molar refractivity (Wildman–Crippen MR) is 78.3 cm³/mol. The summed E-state index contributed by atoms with van der Waals surface area (Å²) in [6, 6.07) is 5.54. The van der Waals surface area contributed by atoms with Crippen molar-refractivity contribution in [2.24, 2.45) is 0 Å². The van der Waals surface area contributed by atoms with E-state index in [1.807, 2.05) is 19.1 Å². The summed E-state index contributed by atoms with van der Waals surface area (Å²) in [5, 5.41) is 5.51. The molecule has 21 heavy (non-hydrogen) atoms. The number of ether oxygens (including phenoxy) is 2. The second-order valence-electron chi connectivity index (χ2n) is 5.00.